The molecule has 0 spiro atoms. The van der Waals surface area contributed by atoms with Crippen LogP contribution in [-0.4, -0.2) is 44.9 Å². The number of fused-ring (bicyclic) bond motifs is 2. The minimum absolute atomic E-state index is 0.0241. The maximum atomic E-state index is 13.4. The second-order valence-corrected chi connectivity index (χ2v) is 13.1. The van der Waals surface area contributed by atoms with Gasteiger partial charge in [-0.15, -0.1) is 0 Å². The minimum atomic E-state index is -3.91. The number of nitrogens with one attached hydrogen (secondary N) is 1. The van der Waals surface area contributed by atoms with Crippen molar-refractivity contribution in [1.82, 2.24) is 4.90 Å². The highest BCUT2D eigenvalue weighted by atomic mass is 35.5. The average molecular weight is 504 g/mol. The monoisotopic (exact) mass is 503 g/mol. The Bertz CT molecular complexity index is 1170. The Labute approximate surface area is 208 Å². The van der Waals surface area contributed by atoms with Gasteiger partial charge in [-0.2, -0.15) is 0 Å². The largest absolute Gasteiger partial charge is 0.325 e. The average Bonchev–Trinajstić information content (AvgIpc) is 2.97. The number of halogens is 1. The van der Waals surface area contributed by atoms with E-state index >= 15 is 0 Å². The summed E-state index contributed by atoms with van der Waals surface area (Å²) in [5, 5.41) is 3.02. The maximum Gasteiger partial charge on any atom is 0.265 e. The Morgan fingerprint density at radius 3 is 2.53 bits per heavy atom. The van der Waals surface area contributed by atoms with Crippen molar-refractivity contribution in [3.8, 4) is 0 Å². The van der Waals surface area contributed by atoms with Crippen molar-refractivity contribution in [2.24, 2.45) is 10.8 Å². The van der Waals surface area contributed by atoms with Gasteiger partial charge >= 0.3 is 0 Å². The lowest BCUT2D eigenvalue weighted by atomic mass is 9.65. The fourth-order valence-electron chi connectivity index (χ4n) is 6.13. The van der Waals surface area contributed by atoms with Crippen molar-refractivity contribution >= 4 is 38.9 Å². The summed E-state index contributed by atoms with van der Waals surface area (Å²) in [4.78, 5) is 15.2. The summed E-state index contributed by atoms with van der Waals surface area (Å²) in [6.45, 7) is 10.2. The number of likely N-dealkylation sites (tertiary alicyclic amines) is 1. The molecule has 0 unspecified atom stereocenters. The van der Waals surface area contributed by atoms with Crippen LogP contribution in [0.5, 0.6) is 0 Å². The van der Waals surface area contributed by atoms with Crippen LogP contribution >= 0.6 is 11.6 Å². The Kier molecular flexibility index (Phi) is 6.75. The van der Waals surface area contributed by atoms with Gasteiger partial charge < -0.3 is 5.32 Å². The van der Waals surface area contributed by atoms with Crippen molar-refractivity contribution in [3.05, 3.63) is 53.6 Å². The van der Waals surface area contributed by atoms with Crippen LogP contribution in [-0.2, 0) is 14.8 Å². The molecule has 2 aromatic carbocycles. The molecule has 1 saturated carbocycles. The standard InChI is InChI=1S/C26H34ClN3O3S/c1-5-30(20-9-7-6-8-10-20)34(32,33)23-13-19(11-12-22(23)27)28-24(31)16-29-18-26(4)15-21(29)14-25(2,3)17-26/h6-13,21H,5,14-18H2,1-4H3,(H,28,31)/t21-,26+/m1/s1. The zero-order valence-electron chi connectivity index (χ0n) is 20.3. The van der Waals surface area contributed by atoms with Crippen LogP contribution in [0.3, 0.4) is 0 Å². The van der Waals surface area contributed by atoms with E-state index in [-0.39, 0.29) is 33.2 Å². The fourth-order valence-corrected chi connectivity index (χ4v) is 8.11. The van der Waals surface area contributed by atoms with Crippen LogP contribution in [0.15, 0.2) is 53.4 Å². The van der Waals surface area contributed by atoms with E-state index in [1.54, 1.807) is 37.3 Å². The van der Waals surface area contributed by atoms with E-state index in [1.165, 1.54) is 22.9 Å². The number of para-hydroxylation sites is 1. The van der Waals surface area contributed by atoms with Crippen LogP contribution in [0.1, 0.15) is 47.0 Å². The molecular weight excluding hydrogens is 470 g/mol. The molecule has 2 aromatic rings. The van der Waals surface area contributed by atoms with E-state index in [0.29, 0.717) is 24.0 Å². The second-order valence-electron chi connectivity index (χ2n) is 10.8. The molecule has 2 fully saturated rings. The first kappa shape index (κ1) is 25.0. The molecule has 1 aliphatic heterocycles. The third-order valence-corrected chi connectivity index (χ3v) is 9.37. The van der Waals surface area contributed by atoms with Crippen molar-refractivity contribution in [2.45, 2.75) is 57.9 Å². The van der Waals surface area contributed by atoms with E-state index in [9.17, 15) is 13.2 Å². The predicted molar refractivity (Wildman–Crippen MR) is 138 cm³/mol. The number of amides is 1. The number of hydrogen-bond donors (Lipinski definition) is 1. The summed E-state index contributed by atoms with van der Waals surface area (Å²) < 4.78 is 28.2. The van der Waals surface area contributed by atoms with E-state index in [0.717, 1.165) is 19.4 Å². The number of carbonyl (C=O) groups is 1. The SMILES string of the molecule is CCN(c1ccccc1)S(=O)(=O)c1cc(NC(=O)CN2C[C@@]3(C)C[C@H]2CC(C)(C)C3)ccc1Cl. The van der Waals surface area contributed by atoms with Gasteiger partial charge in [-0.1, -0.05) is 50.6 Å². The van der Waals surface area contributed by atoms with Crippen LogP contribution < -0.4 is 9.62 Å². The highest BCUT2D eigenvalue weighted by Gasteiger charge is 2.49. The van der Waals surface area contributed by atoms with Gasteiger partial charge in [0.2, 0.25) is 5.91 Å². The van der Waals surface area contributed by atoms with E-state index in [1.807, 2.05) is 6.07 Å². The Hall–Kier alpha value is -2.09. The summed E-state index contributed by atoms with van der Waals surface area (Å²) in [6.07, 6.45) is 3.38. The minimum Gasteiger partial charge on any atom is -0.325 e. The predicted octanol–water partition coefficient (Wildman–Crippen LogP) is 5.39. The Morgan fingerprint density at radius 2 is 1.85 bits per heavy atom. The zero-order valence-corrected chi connectivity index (χ0v) is 21.9. The molecule has 1 N–H and O–H groups in total. The molecule has 4 rings (SSSR count). The van der Waals surface area contributed by atoms with Crippen molar-refractivity contribution in [2.75, 3.05) is 29.3 Å². The fraction of sp³-hybridized carbons (Fsp3) is 0.500. The van der Waals surface area contributed by atoms with Gasteiger partial charge in [0.25, 0.3) is 10.0 Å². The number of benzene rings is 2. The van der Waals surface area contributed by atoms with Gasteiger partial charge in [-0.3, -0.25) is 14.0 Å². The van der Waals surface area contributed by atoms with Crippen LogP contribution in [0.2, 0.25) is 5.02 Å². The smallest absolute Gasteiger partial charge is 0.265 e. The summed E-state index contributed by atoms with van der Waals surface area (Å²) >= 11 is 6.32. The normalized spacial score (nSPS) is 24.1. The highest BCUT2D eigenvalue weighted by molar-refractivity contribution is 7.93. The number of carbonyl (C=O) groups excluding carboxylic acids is 1. The van der Waals surface area contributed by atoms with Crippen LogP contribution in [0, 0.1) is 10.8 Å². The van der Waals surface area contributed by atoms with Gasteiger partial charge in [-0.05, 0) is 67.3 Å². The number of nitrogens with zero attached hydrogens (tertiary/aromatic N) is 2. The molecule has 1 heterocycles. The molecule has 0 radical (unpaired) electrons. The van der Waals surface area contributed by atoms with E-state index < -0.39 is 10.0 Å². The highest BCUT2D eigenvalue weighted by Crippen LogP contribution is 2.52. The zero-order chi connectivity index (χ0) is 24.7. The molecule has 1 aliphatic carbocycles. The summed E-state index contributed by atoms with van der Waals surface area (Å²) in [5.41, 5.74) is 1.51. The first-order chi connectivity index (χ1) is 15.9. The molecular formula is C26H34ClN3O3S. The lowest BCUT2D eigenvalue weighted by Gasteiger charge is -2.39. The second kappa shape index (κ2) is 9.17. The lowest BCUT2D eigenvalue weighted by molar-refractivity contribution is -0.117. The molecule has 6 nitrogen and oxygen atoms in total. The number of rotatable bonds is 7. The van der Waals surface area contributed by atoms with Crippen molar-refractivity contribution in [3.63, 3.8) is 0 Å². The third-order valence-electron chi connectivity index (χ3n) is 6.98. The third kappa shape index (κ3) is 5.11. The molecule has 0 aromatic heterocycles. The van der Waals surface area contributed by atoms with Gasteiger partial charge in [0.1, 0.15) is 4.90 Å². The first-order valence-corrected chi connectivity index (χ1v) is 13.7. The molecule has 1 amide bonds. The van der Waals surface area contributed by atoms with E-state index in [4.69, 9.17) is 11.6 Å². The quantitative estimate of drug-likeness (QED) is 0.549. The summed E-state index contributed by atoms with van der Waals surface area (Å²) in [5.74, 6) is -0.143. The molecule has 2 atom stereocenters. The van der Waals surface area contributed by atoms with E-state index in [2.05, 4.69) is 31.0 Å². The molecule has 2 aliphatic rings. The van der Waals surface area contributed by atoms with Gasteiger partial charge in [0.05, 0.1) is 17.3 Å². The molecule has 34 heavy (non-hydrogen) atoms. The molecule has 2 bridgehead atoms. The van der Waals surface area contributed by atoms with Gasteiger partial charge in [0, 0.05) is 24.8 Å². The van der Waals surface area contributed by atoms with Crippen LogP contribution in [0.4, 0.5) is 11.4 Å². The number of sulfonamides is 1. The number of hydrogen-bond acceptors (Lipinski definition) is 4. The molecule has 8 heteroatoms. The Balaban J connectivity index is 1.51. The summed E-state index contributed by atoms with van der Waals surface area (Å²) in [7, 11) is -3.91. The Morgan fingerprint density at radius 1 is 1.15 bits per heavy atom. The van der Waals surface area contributed by atoms with Gasteiger partial charge in [0.15, 0.2) is 0 Å². The van der Waals surface area contributed by atoms with Crippen molar-refractivity contribution in [1.29, 1.82) is 0 Å². The first-order valence-electron chi connectivity index (χ1n) is 11.8. The maximum absolute atomic E-state index is 13.4. The van der Waals surface area contributed by atoms with Gasteiger partial charge in [-0.25, -0.2) is 8.42 Å². The lowest BCUT2D eigenvalue weighted by Crippen LogP contribution is -2.38. The van der Waals surface area contributed by atoms with Crippen molar-refractivity contribution < 1.29 is 13.2 Å². The number of anilines is 2. The molecule has 184 valence electrons. The molecule has 1 saturated heterocycles. The summed E-state index contributed by atoms with van der Waals surface area (Å²) in [6, 6.07) is 13.9. The topological polar surface area (TPSA) is 69.7 Å². The van der Waals surface area contributed by atoms with Crippen LogP contribution in [0.25, 0.3) is 0 Å².